The summed E-state index contributed by atoms with van der Waals surface area (Å²) in [5.74, 6) is 1.78. The summed E-state index contributed by atoms with van der Waals surface area (Å²) in [5.41, 5.74) is 1.81. The van der Waals surface area contributed by atoms with Crippen molar-refractivity contribution in [3.05, 3.63) is 66.4 Å². The lowest BCUT2D eigenvalue weighted by Crippen LogP contribution is -2.14. The van der Waals surface area contributed by atoms with Gasteiger partial charge in [0.25, 0.3) is 10.0 Å². The summed E-state index contributed by atoms with van der Waals surface area (Å²) < 4.78 is 38.1. The molecule has 0 aliphatic heterocycles. The van der Waals surface area contributed by atoms with E-state index in [2.05, 4.69) is 15.0 Å². The maximum absolute atomic E-state index is 12.5. The van der Waals surface area contributed by atoms with E-state index in [1.807, 2.05) is 6.07 Å². The van der Waals surface area contributed by atoms with Gasteiger partial charge in [0, 0.05) is 11.8 Å². The van der Waals surface area contributed by atoms with Crippen molar-refractivity contribution >= 4 is 27.2 Å². The Kier molecular flexibility index (Phi) is 5.70. The quantitative estimate of drug-likeness (QED) is 0.625. The highest BCUT2D eigenvalue weighted by atomic mass is 32.2. The van der Waals surface area contributed by atoms with Crippen LogP contribution in [0.1, 0.15) is 5.56 Å². The van der Waals surface area contributed by atoms with E-state index in [0.717, 1.165) is 5.69 Å². The second-order valence-electron chi connectivity index (χ2n) is 6.00. The first-order chi connectivity index (χ1) is 13.4. The highest BCUT2D eigenvalue weighted by molar-refractivity contribution is 7.92. The number of anilines is 3. The monoisotopic (exact) mass is 399 g/mol. The third-order valence-electron chi connectivity index (χ3n) is 4.05. The number of sulfonamides is 1. The summed E-state index contributed by atoms with van der Waals surface area (Å²) in [7, 11) is -0.536. The summed E-state index contributed by atoms with van der Waals surface area (Å²) in [6.45, 7) is 1.75. The smallest absolute Gasteiger partial charge is 0.262 e. The number of benzene rings is 2. The summed E-state index contributed by atoms with van der Waals surface area (Å²) >= 11 is 0. The van der Waals surface area contributed by atoms with E-state index in [-0.39, 0.29) is 4.90 Å². The predicted octanol–water partition coefficient (Wildman–Crippen LogP) is 3.95. The minimum Gasteiger partial charge on any atom is -0.493 e. The minimum absolute atomic E-state index is 0.238. The van der Waals surface area contributed by atoms with E-state index in [9.17, 15) is 8.42 Å². The molecule has 0 fully saturated rings. The zero-order chi connectivity index (χ0) is 20.1. The molecule has 28 heavy (non-hydrogen) atoms. The van der Waals surface area contributed by atoms with Crippen LogP contribution < -0.4 is 19.5 Å². The van der Waals surface area contributed by atoms with E-state index in [1.165, 1.54) is 6.20 Å². The van der Waals surface area contributed by atoms with E-state index in [1.54, 1.807) is 69.7 Å². The topological polar surface area (TPSA) is 89.6 Å². The third-order valence-corrected chi connectivity index (χ3v) is 5.60. The average molecular weight is 399 g/mol. The van der Waals surface area contributed by atoms with Crippen molar-refractivity contribution in [1.29, 1.82) is 0 Å². The van der Waals surface area contributed by atoms with Gasteiger partial charge in [-0.3, -0.25) is 4.72 Å². The molecule has 0 bridgehead atoms. The molecule has 2 aromatic carbocycles. The molecule has 1 heterocycles. The number of nitrogens with one attached hydrogen (secondary N) is 2. The Morgan fingerprint density at radius 3 is 2.25 bits per heavy atom. The van der Waals surface area contributed by atoms with Crippen LogP contribution in [-0.2, 0) is 10.0 Å². The van der Waals surface area contributed by atoms with Gasteiger partial charge in [-0.25, -0.2) is 13.4 Å². The van der Waals surface area contributed by atoms with Crippen molar-refractivity contribution < 1.29 is 17.9 Å². The molecule has 0 unspecified atom stereocenters. The fourth-order valence-electron chi connectivity index (χ4n) is 2.66. The molecular weight excluding hydrogens is 378 g/mol. The molecule has 8 heteroatoms. The largest absolute Gasteiger partial charge is 0.493 e. The van der Waals surface area contributed by atoms with Crippen molar-refractivity contribution in [3.63, 3.8) is 0 Å². The minimum atomic E-state index is -3.67. The van der Waals surface area contributed by atoms with Crippen LogP contribution in [-0.4, -0.2) is 27.6 Å². The molecule has 146 valence electrons. The Labute approximate surface area is 164 Å². The van der Waals surface area contributed by atoms with Gasteiger partial charge in [0.1, 0.15) is 5.82 Å². The van der Waals surface area contributed by atoms with Crippen molar-refractivity contribution in [2.45, 2.75) is 11.8 Å². The van der Waals surface area contributed by atoms with E-state index < -0.39 is 10.0 Å². The number of pyridine rings is 1. The molecule has 7 nitrogen and oxygen atoms in total. The molecule has 0 saturated heterocycles. The summed E-state index contributed by atoms with van der Waals surface area (Å²) in [5, 5.41) is 3.14. The predicted molar refractivity (Wildman–Crippen MR) is 109 cm³/mol. The number of rotatable bonds is 7. The number of hydrogen-bond donors (Lipinski definition) is 2. The molecule has 0 saturated carbocycles. The van der Waals surface area contributed by atoms with Gasteiger partial charge in [-0.05, 0) is 42.8 Å². The molecule has 3 aromatic rings. The maximum Gasteiger partial charge on any atom is 0.262 e. The number of nitrogens with zero attached hydrogens (tertiary/aromatic N) is 1. The molecular formula is C20H21N3O4S. The summed E-state index contributed by atoms with van der Waals surface area (Å²) in [4.78, 5) is 4.50. The fourth-order valence-corrected chi connectivity index (χ4v) is 3.95. The van der Waals surface area contributed by atoms with Crippen LogP contribution in [0.2, 0.25) is 0 Å². The van der Waals surface area contributed by atoms with E-state index in [0.29, 0.717) is 28.6 Å². The van der Waals surface area contributed by atoms with Crippen LogP contribution in [0, 0.1) is 6.92 Å². The number of aryl methyl sites for hydroxylation is 1. The molecule has 0 radical (unpaired) electrons. The van der Waals surface area contributed by atoms with Gasteiger partial charge in [0.15, 0.2) is 11.5 Å². The number of aromatic nitrogens is 1. The fraction of sp³-hybridized carbons (Fsp3) is 0.150. The number of ether oxygens (including phenoxy) is 2. The second-order valence-corrected chi connectivity index (χ2v) is 7.65. The van der Waals surface area contributed by atoms with Crippen LogP contribution in [0.4, 0.5) is 17.2 Å². The van der Waals surface area contributed by atoms with E-state index in [4.69, 9.17) is 9.47 Å². The van der Waals surface area contributed by atoms with Gasteiger partial charge in [0.05, 0.1) is 31.0 Å². The zero-order valence-electron chi connectivity index (χ0n) is 15.8. The van der Waals surface area contributed by atoms with Gasteiger partial charge in [-0.2, -0.15) is 0 Å². The lowest BCUT2D eigenvalue weighted by atomic mass is 10.2. The van der Waals surface area contributed by atoms with Crippen LogP contribution in [0.3, 0.4) is 0 Å². The molecule has 0 atom stereocenters. The van der Waals surface area contributed by atoms with Gasteiger partial charge in [0.2, 0.25) is 0 Å². The Morgan fingerprint density at radius 2 is 1.61 bits per heavy atom. The van der Waals surface area contributed by atoms with Gasteiger partial charge < -0.3 is 14.8 Å². The van der Waals surface area contributed by atoms with Crippen LogP contribution in [0.15, 0.2) is 65.7 Å². The average Bonchev–Trinajstić information content (AvgIpc) is 2.69. The standard InChI is InChI=1S/C20H21N3O4S/c1-14-6-4-5-7-19(14)28(24,25)23-16-9-11-20(21-13-16)22-15-8-10-17(26-2)18(12-15)27-3/h4-13,23H,1-3H3,(H,21,22). The lowest BCUT2D eigenvalue weighted by molar-refractivity contribution is 0.355. The van der Waals surface area contributed by atoms with Crippen LogP contribution in [0.25, 0.3) is 0 Å². The van der Waals surface area contributed by atoms with Crippen molar-refractivity contribution in [2.24, 2.45) is 0 Å². The zero-order valence-corrected chi connectivity index (χ0v) is 16.6. The first kappa shape index (κ1) is 19.5. The second kappa shape index (κ2) is 8.18. The highest BCUT2D eigenvalue weighted by Gasteiger charge is 2.16. The molecule has 0 spiro atoms. The molecule has 1 aromatic heterocycles. The Morgan fingerprint density at radius 1 is 0.893 bits per heavy atom. The molecule has 0 aliphatic rings. The maximum atomic E-state index is 12.5. The van der Waals surface area contributed by atoms with Crippen molar-refractivity contribution in [2.75, 3.05) is 24.3 Å². The van der Waals surface area contributed by atoms with Gasteiger partial charge in [-0.1, -0.05) is 18.2 Å². The first-order valence-electron chi connectivity index (χ1n) is 8.46. The van der Waals surface area contributed by atoms with Gasteiger partial charge >= 0.3 is 0 Å². The number of hydrogen-bond acceptors (Lipinski definition) is 6. The van der Waals surface area contributed by atoms with Crippen LogP contribution in [0.5, 0.6) is 11.5 Å². The van der Waals surface area contributed by atoms with Gasteiger partial charge in [-0.15, -0.1) is 0 Å². The number of methoxy groups -OCH3 is 2. The highest BCUT2D eigenvalue weighted by Crippen LogP contribution is 2.31. The Bertz CT molecular complexity index is 1070. The van der Waals surface area contributed by atoms with E-state index >= 15 is 0 Å². The van der Waals surface area contributed by atoms with Crippen molar-refractivity contribution in [1.82, 2.24) is 4.98 Å². The molecule has 3 rings (SSSR count). The van der Waals surface area contributed by atoms with Crippen LogP contribution >= 0.6 is 0 Å². The molecule has 0 aliphatic carbocycles. The third kappa shape index (κ3) is 4.34. The summed E-state index contributed by atoms with van der Waals surface area (Å²) in [6.07, 6.45) is 1.46. The molecule has 2 N–H and O–H groups in total. The first-order valence-corrected chi connectivity index (χ1v) is 9.95. The Hall–Kier alpha value is -3.26. The lowest BCUT2D eigenvalue weighted by Gasteiger charge is -2.12. The summed E-state index contributed by atoms with van der Waals surface area (Å²) in [6, 6.07) is 15.5. The van der Waals surface area contributed by atoms with Crippen molar-refractivity contribution in [3.8, 4) is 11.5 Å². The normalized spacial score (nSPS) is 11.0. The Balaban J connectivity index is 1.74. The molecule has 0 amide bonds. The SMILES string of the molecule is COc1ccc(Nc2ccc(NS(=O)(=O)c3ccccc3C)cn2)cc1OC.